The number of nitrogens with one attached hydrogen (secondary N) is 1. The third-order valence-electron chi connectivity index (χ3n) is 3.85. The van der Waals surface area contributed by atoms with E-state index >= 15 is 0 Å². The van der Waals surface area contributed by atoms with Gasteiger partial charge < -0.3 is 5.32 Å². The van der Waals surface area contributed by atoms with Crippen molar-refractivity contribution in [3.05, 3.63) is 46.2 Å². The lowest BCUT2D eigenvalue weighted by molar-refractivity contribution is 0.155. The van der Waals surface area contributed by atoms with Gasteiger partial charge in [-0.15, -0.1) is 11.3 Å². The molecule has 0 aromatic carbocycles. The summed E-state index contributed by atoms with van der Waals surface area (Å²) in [7, 11) is 0. The molecule has 1 aliphatic rings. The molecule has 1 N–H and O–H groups in total. The van der Waals surface area contributed by atoms with E-state index in [1.165, 1.54) is 15.4 Å². The van der Waals surface area contributed by atoms with Crippen LogP contribution < -0.4 is 5.32 Å². The average Bonchev–Trinajstić information content (AvgIpc) is 2.98. The van der Waals surface area contributed by atoms with E-state index in [1.54, 1.807) is 0 Å². The Morgan fingerprint density at radius 1 is 1.43 bits per heavy atom. The normalized spacial score (nSPS) is 20.0. The van der Waals surface area contributed by atoms with Crippen molar-refractivity contribution < 1.29 is 0 Å². The maximum atomic E-state index is 4.54. The first-order valence-electron chi connectivity index (χ1n) is 7.53. The van der Waals surface area contributed by atoms with E-state index in [2.05, 4.69) is 40.1 Å². The van der Waals surface area contributed by atoms with Crippen LogP contribution in [-0.2, 0) is 6.54 Å². The standard InChI is InChI=1S/C16H22N4S/c1-12(2)16-19-9-14(21-16)11-20-7-6-18-10-15(20)13-4-3-5-17-8-13/h3-5,8-9,12,15,18H,6-7,10-11H2,1-2H3. The van der Waals surface area contributed by atoms with Crippen LogP contribution >= 0.6 is 11.3 Å². The van der Waals surface area contributed by atoms with Crippen molar-refractivity contribution in [2.45, 2.75) is 32.4 Å². The highest BCUT2D eigenvalue weighted by Crippen LogP contribution is 2.27. The highest BCUT2D eigenvalue weighted by Gasteiger charge is 2.24. The molecule has 0 spiro atoms. The summed E-state index contributed by atoms with van der Waals surface area (Å²) in [6, 6.07) is 4.59. The summed E-state index contributed by atoms with van der Waals surface area (Å²) in [5, 5.41) is 4.73. The first kappa shape index (κ1) is 14.6. The van der Waals surface area contributed by atoms with Gasteiger partial charge in [-0.1, -0.05) is 19.9 Å². The minimum absolute atomic E-state index is 0.400. The predicted molar refractivity (Wildman–Crippen MR) is 86.5 cm³/mol. The Labute approximate surface area is 130 Å². The van der Waals surface area contributed by atoms with Gasteiger partial charge in [0, 0.05) is 61.6 Å². The number of rotatable bonds is 4. The van der Waals surface area contributed by atoms with Gasteiger partial charge in [0.05, 0.1) is 5.01 Å². The van der Waals surface area contributed by atoms with Crippen LogP contribution in [0.3, 0.4) is 0 Å². The van der Waals surface area contributed by atoms with Crippen molar-refractivity contribution in [2.75, 3.05) is 19.6 Å². The summed E-state index contributed by atoms with van der Waals surface area (Å²) < 4.78 is 0. The minimum Gasteiger partial charge on any atom is -0.314 e. The highest BCUT2D eigenvalue weighted by molar-refractivity contribution is 7.11. The molecule has 1 unspecified atom stereocenters. The molecule has 112 valence electrons. The van der Waals surface area contributed by atoms with E-state index in [0.29, 0.717) is 12.0 Å². The van der Waals surface area contributed by atoms with E-state index in [9.17, 15) is 0 Å². The minimum atomic E-state index is 0.400. The lowest BCUT2D eigenvalue weighted by Gasteiger charge is -2.36. The van der Waals surface area contributed by atoms with Crippen LogP contribution in [0.5, 0.6) is 0 Å². The molecule has 3 rings (SSSR count). The molecule has 1 atom stereocenters. The molecule has 0 saturated carbocycles. The molecule has 0 bridgehead atoms. The monoisotopic (exact) mass is 302 g/mol. The van der Waals surface area contributed by atoms with Crippen LogP contribution in [-0.4, -0.2) is 34.5 Å². The Hall–Kier alpha value is -1.30. The molecular formula is C16H22N4S. The van der Waals surface area contributed by atoms with E-state index in [4.69, 9.17) is 0 Å². The average molecular weight is 302 g/mol. The van der Waals surface area contributed by atoms with Crippen molar-refractivity contribution in [3.63, 3.8) is 0 Å². The number of hydrogen-bond acceptors (Lipinski definition) is 5. The van der Waals surface area contributed by atoms with Gasteiger partial charge in [0.1, 0.15) is 0 Å². The Morgan fingerprint density at radius 3 is 3.05 bits per heavy atom. The van der Waals surface area contributed by atoms with Gasteiger partial charge in [-0.3, -0.25) is 9.88 Å². The van der Waals surface area contributed by atoms with Gasteiger partial charge in [0.2, 0.25) is 0 Å². The molecule has 1 aliphatic heterocycles. The zero-order chi connectivity index (χ0) is 14.7. The van der Waals surface area contributed by atoms with E-state index in [-0.39, 0.29) is 0 Å². The van der Waals surface area contributed by atoms with Crippen LogP contribution in [0.2, 0.25) is 0 Å². The number of aromatic nitrogens is 2. The Kier molecular flexibility index (Phi) is 4.63. The summed E-state index contributed by atoms with van der Waals surface area (Å²) in [6.45, 7) is 8.48. The van der Waals surface area contributed by atoms with E-state index in [0.717, 1.165) is 26.2 Å². The largest absolute Gasteiger partial charge is 0.314 e. The fraction of sp³-hybridized carbons (Fsp3) is 0.500. The zero-order valence-corrected chi connectivity index (χ0v) is 13.4. The molecule has 0 radical (unpaired) electrons. The van der Waals surface area contributed by atoms with Gasteiger partial charge in [0.15, 0.2) is 0 Å². The highest BCUT2D eigenvalue weighted by atomic mass is 32.1. The molecule has 5 heteroatoms. The molecule has 4 nitrogen and oxygen atoms in total. The van der Waals surface area contributed by atoms with Gasteiger partial charge >= 0.3 is 0 Å². The molecule has 0 amide bonds. The Balaban J connectivity index is 1.75. The lowest BCUT2D eigenvalue weighted by atomic mass is 10.1. The van der Waals surface area contributed by atoms with Crippen molar-refractivity contribution >= 4 is 11.3 Å². The summed E-state index contributed by atoms with van der Waals surface area (Å²) in [5.74, 6) is 0.515. The first-order chi connectivity index (χ1) is 10.2. The van der Waals surface area contributed by atoms with Gasteiger partial charge in [-0.25, -0.2) is 4.98 Å². The van der Waals surface area contributed by atoms with Crippen molar-refractivity contribution in [1.82, 2.24) is 20.2 Å². The second-order valence-electron chi connectivity index (χ2n) is 5.80. The number of nitrogens with zero attached hydrogens (tertiary/aromatic N) is 3. The Bertz CT molecular complexity index is 567. The number of thiazole rings is 1. The molecule has 2 aromatic heterocycles. The SMILES string of the molecule is CC(C)c1ncc(CN2CCNCC2c2cccnc2)s1. The van der Waals surface area contributed by atoms with Crippen molar-refractivity contribution in [2.24, 2.45) is 0 Å². The molecule has 0 aliphatic carbocycles. The summed E-state index contributed by atoms with van der Waals surface area (Å²) in [5.41, 5.74) is 1.29. The smallest absolute Gasteiger partial charge is 0.0953 e. The number of piperazine rings is 1. The molecule has 21 heavy (non-hydrogen) atoms. The lowest BCUT2D eigenvalue weighted by Crippen LogP contribution is -2.45. The van der Waals surface area contributed by atoms with Gasteiger partial charge in [-0.2, -0.15) is 0 Å². The maximum absolute atomic E-state index is 4.54. The maximum Gasteiger partial charge on any atom is 0.0953 e. The zero-order valence-electron chi connectivity index (χ0n) is 12.6. The van der Waals surface area contributed by atoms with Crippen LogP contribution in [0.15, 0.2) is 30.7 Å². The summed E-state index contributed by atoms with van der Waals surface area (Å²) >= 11 is 1.84. The molecule has 1 fully saturated rings. The van der Waals surface area contributed by atoms with Crippen LogP contribution in [0, 0.1) is 0 Å². The van der Waals surface area contributed by atoms with E-state index in [1.807, 2.05) is 36.0 Å². The van der Waals surface area contributed by atoms with Crippen LogP contribution in [0.4, 0.5) is 0 Å². The summed E-state index contributed by atoms with van der Waals surface area (Å²) in [6.07, 6.45) is 5.86. The molecule has 1 saturated heterocycles. The van der Waals surface area contributed by atoms with Gasteiger partial charge in [0.25, 0.3) is 0 Å². The first-order valence-corrected chi connectivity index (χ1v) is 8.35. The van der Waals surface area contributed by atoms with Crippen LogP contribution in [0.25, 0.3) is 0 Å². The van der Waals surface area contributed by atoms with E-state index < -0.39 is 0 Å². The van der Waals surface area contributed by atoms with Crippen LogP contribution in [0.1, 0.15) is 41.3 Å². The quantitative estimate of drug-likeness (QED) is 0.943. The number of hydrogen-bond donors (Lipinski definition) is 1. The molecule has 3 heterocycles. The fourth-order valence-corrected chi connectivity index (χ4v) is 3.65. The topological polar surface area (TPSA) is 41.1 Å². The molecule has 2 aromatic rings. The van der Waals surface area contributed by atoms with Crippen molar-refractivity contribution in [1.29, 1.82) is 0 Å². The fourth-order valence-electron chi connectivity index (χ4n) is 2.70. The second-order valence-corrected chi connectivity index (χ2v) is 6.94. The van der Waals surface area contributed by atoms with Crippen molar-refractivity contribution in [3.8, 4) is 0 Å². The third-order valence-corrected chi connectivity index (χ3v) is 5.13. The third kappa shape index (κ3) is 3.48. The van der Waals surface area contributed by atoms with Gasteiger partial charge in [-0.05, 0) is 11.6 Å². The predicted octanol–water partition coefficient (Wildman–Crippen LogP) is 2.81. The number of pyridine rings is 1. The Morgan fingerprint density at radius 2 is 2.33 bits per heavy atom. The summed E-state index contributed by atoms with van der Waals surface area (Å²) in [4.78, 5) is 12.7. The molecular weight excluding hydrogens is 280 g/mol. The second kappa shape index (κ2) is 6.64.